The number of hydrogen-bond donors (Lipinski definition) is 2. The van der Waals surface area contributed by atoms with Crippen LogP contribution in [-0.4, -0.2) is 53.4 Å². The van der Waals surface area contributed by atoms with Gasteiger partial charge in [0.05, 0.1) is 18.8 Å². The van der Waals surface area contributed by atoms with Gasteiger partial charge in [-0.3, -0.25) is 14.5 Å². The molecule has 1 aromatic heterocycles. The van der Waals surface area contributed by atoms with Crippen molar-refractivity contribution in [3.05, 3.63) is 39.9 Å². The van der Waals surface area contributed by atoms with E-state index in [4.69, 9.17) is 4.74 Å². The van der Waals surface area contributed by atoms with Gasteiger partial charge in [0.15, 0.2) is 5.13 Å². The van der Waals surface area contributed by atoms with E-state index in [0.717, 1.165) is 41.0 Å². The Bertz CT molecular complexity index is 980. The zero-order valence-electron chi connectivity index (χ0n) is 19.0. The van der Waals surface area contributed by atoms with Crippen molar-refractivity contribution >= 4 is 39.9 Å². The number of hydrogen-bond acceptors (Lipinski definition) is 7. The highest BCUT2D eigenvalue weighted by molar-refractivity contribution is 7.17. The fourth-order valence-corrected chi connectivity index (χ4v) is 4.34. The number of para-hydroxylation sites is 1. The Morgan fingerprint density at radius 1 is 1.12 bits per heavy atom. The molecule has 1 saturated carbocycles. The normalized spacial score (nSPS) is 13.2. The number of benzene rings is 1. The zero-order valence-corrected chi connectivity index (χ0v) is 19.8. The molecular formula is C23H30N4O4S. The Labute approximate surface area is 192 Å². The summed E-state index contributed by atoms with van der Waals surface area (Å²) in [5, 5.41) is 6.15. The van der Waals surface area contributed by atoms with Gasteiger partial charge < -0.3 is 15.4 Å². The molecular weight excluding hydrogens is 428 g/mol. The molecule has 1 aromatic carbocycles. The molecule has 0 atom stereocenters. The van der Waals surface area contributed by atoms with Crippen molar-refractivity contribution in [3.8, 4) is 0 Å². The van der Waals surface area contributed by atoms with Gasteiger partial charge in [-0.05, 0) is 51.7 Å². The topological polar surface area (TPSA) is 101 Å². The number of aryl methyl sites for hydroxylation is 3. The Morgan fingerprint density at radius 3 is 2.44 bits per heavy atom. The van der Waals surface area contributed by atoms with Crippen LogP contribution in [0.2, 0.25) is 0 Å². The lowest BCUT2D eigenvalue weighted by Gasteiger charge is -2.21. The van der Waals surface area contributed by atoms with E-state index in [-0.39, 0.29) is 31.4 Å². The molecule has 1 aliphatic carbocycles. The summed E-state index contributed by atoms with van der Waals surface area (Å²) in [5.74, 6) is -0.711. The number of amides is 2. The number of nitrogens with one attached hydrogen (secondary N) is 2. The van der Waals surface area contributed by atoms with Crippen LogP contribution in [0.15, 0.2) is 18.2 Å². The van der Waals surface area contributed by atoms with Crippen molar-refractivity contribution in [2.45, 2.75) is 53.0 Å². The highest BCUT2D eigenvalue weighted by atomic mass is 32.1. The first-order chi connectivity index (χ1) is 15.3. The van der Waals surface area contributed by atoms with Crippen molar-refractivity contribution in [3.63, 3.8) is 0 Å². The van der Waals surface area contributed by atoms with Crippen LogP contribution in [0, 0.1) is 20.8 Å². The number of esters is 1. The van der Waals surface area contributed by atoms with Crippen LogP contribution < -0.4 is 10.6 Å². The van der Waals surface area contributed by atoms with E-state index in [1.54, 1.807) is 13.8 Å². The summed E-state index contributed by atoms with van der Waals surface area (Å²) in [6.07, 6.45) is 2.31. The molecule has 1 aliphatic rings. The molecule has 2 amide bonds. The van der Waals surface area contributed by atoms with E-state index in [2.05, 4.69) is 20.5 Å². The van der Waals surface area contributed by atoms with E-state index in [9.17, 15) is 14.4 Å². The largest absolute Gasteiger partial charge is 0.462 e. The molecule has 0 unspecified atom stereocenters. The minimum absolute atomic E-state index is 0.0793. The van der Waals surface area contributed by atoms with Gasteiger partial charge in [-0.25, -0.2) is 9.78 Å². The average Bonchev–Trinajstić information content (AvgIpc) is 3.51. The van der Waals surface area contributed by atoms with Gasteiger partial charge in [-0.1, -0.05) is 29.5 Å². The van der Waals surface area contributed by atoms with Crippen molar-refractivity contribution in [2.75, 3.05) is 30.3 Å². The maximum Gasteiger partial charge on any atom is 0.350 e. The fourth-order valence-electron chi connectivity index (χ4n) is 3.47. The Morgan fingerprint density at radius 2 is 1.81 bits per heavy atom. The van der Waals surface area contributed by atoms with Gasteiger partial charge in [0.25, 0.3) is 0 Å². The number of nitrogens with zero attached hydrogens (tertiary/aromatic N) is 2. The lowest BCUT2D eigenvalue weighted by Crippen LogP contribution is -2.37. The summed E-state index contributed by atoms with van der Waals surface area (Å²) in [7, 11) is 0. The highest BCUT2D eigenvalue weighted by Gasteiger charge is 2.30. The zero-order chi connectivity index (χ0) is 23.3. The molecule has 0 bridgehead atoms. The second-order valence-electron chi connectivity index (χ2n) is 7.97. The monoisotopic (exact) mass is 458 g/mol. The average molecular weight is 459 g/mol. The molecule has 8 nitrogen and oxygen atoms in total. The minimum atomic E-state index is -0.433. The van der Waals surface area contributed by atoms with Gasteiger partial charge in [0.2, 0.25) is 11.8 Å². The van der Waals surface area contributed by atoms with Crippen LogP contribution in [0.1, 0.15) is 52.7 Å². The van der Waals surface area contributed by atoms with Crippen LogP contribution in [0.5, 0.6) is 0 Å². The van der Waals surface area contributed by atoms with Crippen LogP contribution in [0.4, 0.5) is 10.8 Å². The lowest BCUT2D eigenvalue weighted by atomic mass is 10.1. The van der Waals surface area contributed by atoms with E-state index in [0.29, 0.717) is 28.3 Å². The molecule has 0 aliphatic heterocycles. The number of carbonyl (C=O) groups excluding carboxylic acids is 3. The molecule has 3 rings (SSSR count). The first-order valence-electron chi connectivity index (χ1n) is 10.8. The lowest BCUT2D eigenvalue weighted by molar-refractivity contribution is -0.119. The van der Waals surface area contributed by atoms with Gasteiger partial charge in [-0.2, -0.15) is 0 Å². The highest BCUT2D eigenvalue weighted by Crippen LogP contribution is 2.28. The molecule has 9 heteroatoms. The molecule has 1 heterocycles. The summed E-state index contributed by atoms with van der Waals surface area (Å²) < 4.78 is 5.01. The fraction of sp³-hybridized carbons (Fsp3) is 0.478. The third kappa shape index (κ3) is 6.37. The Kier molecular flexibility index (Phi) is 7.98. The smallest absolute Gasteiger partial charge is 0.350 e. The predicted molar refractivity (Wildman–Crippen MR) is 125 cm³/mol. The van der Waals surface area contributed by atoms with E-state index in [1.165, 1.54) is 0 Å². The van der Waals surface area contributed by atoms with Crippen molar-refractivity contribution < 1.29 is 19.1 Å². The molecule has 172 valence electrons. The molecule has 0 radical (unpaired) electrons. The summed E-state index contributed by atoms with van der Waals surface area (Å²) >= 11 is 1.11. The van der Waals surface area contributed by atoms with Gasteiger partial charge in [0, 0.05) is 24.7 Å². The van der Waals surface area contributed by atoms with Crippen LogP contribution in [0.3, 0.4) is 0 Å². The number of anilines is 2. The number of thiazole rings is 1. The number of aromatic nitrogens is 1. The third-order valence-corrected chi connectivity index (χ3v) is 6.34. The molecule has 2 N–H and O–H groups in total. The molecule has 2 aromatic rings. The Balaban J connectivity index is 1.52. The summed E-state index contributed by atoms with van der Waals surface area (Å²) in [5.41, 5.74) is 3.43. The van der Waals surface area contributed by atoms with E-state index < -0.39 is 5.97 Å². The molecule has 1 fully saturated rings. The maximum atomic E-state index is 12.6. The number of ether oxygens (including phenoxy) is 1. The SMILES string of the molecule is CCOC(=O)c1sc(NC(=O)CCN(CC(=O)Nc2c(C)cccc2C)C2CC2)nc1C. The minimum Gasteiger partial charge on any atom is -0.462 e. The summed E-state index contributed by atoms with van der Waals surface area (Å²) in [4.78, 5) is 43.7. The third-order valence-electron chi connectivity index (χ3n) is 5.29. The first kappa shape index (κ1) is 23.9. The molecule has 32 heavy (non-hydrogen) atoms. The standard InChI is InChI=1S/C23H30N4O4S/c1-5-31-22(30)21-16(4)24-23(32-21)26-18(28)11-12-27(17-9-10-17)13-19(29)25-20-14(2)7-6-8-15(20)3/h6-8,17H,5,9-13H2,1-4H3,(H,25,29)(H,24,26,28). The number of carbonyl (C=O) groups is 3. The van der Waals surface area contributed by atoms with Crippen molar-refractivity contribution in [1.82, 2.24) is 9.88 Å². The summed E-state index contributed by atoms with van der Waals surface area (Å²) in [6.45, 7) is 8.40. The molecule has 0 spiro atoms. The van der Waals surface area contributed by atoms with Gasteiger partial charge in [0.1, 0.15) is 4.88 Å². The van der Waals surface area contributed by atoms with Crippen LogP contribution >= 0.6 is 11.3 Å². The van der Waals surface area contributed by atoms with Crippen LogP contribution in [0.25, 0.3) is 0 Å². The van der Waals surface area contributed by atoms with Crippen LogP contribution in [-0.2, 0) is 14.3 Å². The second kappa shape index (κ2) is 10.7. The molecule has 0 saturated heterocycles. The second-order valence-corrected chi connectivity index (χ2v) is 8.97. The maximum absolute atomic E-state index is 12.6. The number of rotatable bonds is 10. The first-order valence-corrected chi connectivity index (χ1v) is 11.6. The van der Waals surface area contributed by atoms with Gasteiger partial charge >= 0.3 is 5.97 Å². The van der Waals surface area contributed by atoms with Gasteiger partial charge in [-0.15, -0.1) is 0 Å². The quantitative estimate of drug-likeness (QED) is 0.527. The van der Waals surface area contributed by atoms with Crippen molar-refractivity contribution in [1.29, 1.82) is 0 Å². The van der Waals surface area contributed by atoms with E-state index in [1.807, 2.05) is 32.0 Å². The van der Waals surface area contributed by atoms with E-state index >= 15 is 0 Å². The summed E-state index contributed by atoms with van der Waals surface area (Å²) in [6, 6.07) is 6.25. The Hall–Kier alpha value is -2.78. The van der Waals surface area contributed by atoms with Crippen molar-refractivity contribution in [2.24, 2.45) is 0 Å². The predicted octanol–water partition coefficient (Wildman–Crippen LogP) is 3.68.